The molecule has 0 saturated heterocycles. The summed E-state index contributed by atoms with van der Waals surface area (Å²) in [6.07, 6.45) is 2.54. The standard InChI is InChI=1S/C20H21N3O/c1-4-15-5-9-18(10-6-15)22-20(24)17(14-21)13-16-7-11-19(12-8-16)23(2)3/h5-13H,4H2,1-3H3,(H,22,24)/b17-13-. The summed E-state index contributed by atoms with van der Waals surface area (Å²) in [5.41, 5.74) is 3.83. The maximum atomic E-state index is 12.3. The first-order chi connectivity index (χ1) is 11.5. The molecule has 2 aromatic rings. The lowest BCUT2D eigenvalue weighted by molar-refractivity contribution is -0.112. The molecule has 0 spiro atoms. The molecule has 0 aliphatic rings. The zero-order chi connectivity index (χ0) is 17.5. The summed E-state index contributed by atoms with van der Waals surface area (Å²) in [4.78, 5) is 14.3. The van der Waals surface area contributed by atoms with Gasteiger partial charge in [0.05, 0.1) is 0 Å². The Balaban J connectivity index is 2.14. The van der Waals surface area contributed by atoms with E-state index in [2.05, 4.69) is 12.2 Å². The van der Waals surface area contributed by atoms with Crippen molar-refractivity contribution < 1.29 is 4.79 Å². The summed E-state index contributed by atoms with van der Waals surface area (Å²) >= 11 is 0. The Hall–Kier alpha value is -3.06. The molecule has 0 atom stereocenters. The third-order valence-electron chi connectivity index (χ3n) is 3.71. The van der Waals surface area contributed by atoms with Crippen LogP contribution in [-0.2, 0) is 11.2 Å². The molecular formula is C20H21N3O. The monoisotopic (exact) mass is 319 g/mol. The molecule has 1 amide bonds. The summed E-state index contributed by atoms with van der Waals surface area (Å²) < 4.78 is 0. The molecule has 122 valence electrons. The molecular weight excluding hydrogens is 298 g/mol. The average molecular weight is 319 g/mol. The van der Waals surface area contributed by atoms with Crippen molar-refractivity contribution in [3.8, 4) is 6.07 Å². The van der Waals surface area contributed by atoms with Crippen molar-refractivity contribution in [2.75, 3.05) is 24.3 Å². The molecule has 0 aliphatic heterocycles. The smallest absolute Gasteiger partial charge is 0.266 e. The van der Waals surface area contributed by atoms with E-state index in [9.17, 15) is 10.1 Å². The first kappa shape index (κ1) is 17.3. The second kappa shape index (κ2) is 7.98. The second-order valence-electron chi connectivity index (χ2n) is 5.66. The van der Waals surface area contributed by atoms with Crippen LogP contribution in [0, 0.1) is 11.3 Å². The molecule has 0 saturated carbocycles. The second-order valence-corrected chi connectivity index (χ2v) is 5.66. The number of carbonyl (C=O) groups excluding carboxylic acids is 1. The molecule has 2 aromatic carbocycles. The minimum Gasteiger partial charge on any atom is -0.378 e. The first-order valence-electron chi connectivity index (χ1n) is 7.83. The Morgan fingerprint density at radius 1 is 1.12 bits per heavy atom. The van der Waals surface area contributed by atoms with Crippen LogP contribution in [0.15, 0.2) is 54.1 Å². The Morgan fingerprint density at radius 2 is 1.75 bits per heavy atom. The van der Waals surface area contributed by atoms with E-state index in [0.29, 0.717) is 5.69 Å². The van der Waals surface area contributed by atoms with Crippen LogP contribution in [0.2, 0.25) is 0 Å². The molecule has 0 unspecified atom stereocenters. The molecule has 1 N–H and O–H groups in total. The van der Waals surface area contributed by atoms with Crippen molar-refractivity contribution in [2.45, 2.75) is 13.3 Å². The van der Waals surface area contributed by atoms with E-state index in [1.54, 1.807) is 6.08 Å². The zero-order valence-electron chi connectivity index (χ0n) is 14.2. The van der Waals surface area contributed by atoms with Crippen LogP contribution in [0.4, 0.5) is 11.4 Å². The van der Waals surface area contributed by atoms with E-state index in [4.69, 9.17) is 0 Å². The van der Waals surface area contributed by atoms with Gasteiger partial charge < -0.3 is 10.2 Å². The predicted molar refractivity (Wildman–Crippen MR) is 98.8 cm³/mol. The fourth-order valence-corrected chi connectivity index (χ4v) is 2.21. The minimum atomic E-state index is -0.404. The van der Waals surface area contributed by atoms with E-state index >= 15 is 0 Å². The van der Waals surface area contributed by atoms with Gasteiger partial charge in [0.15, 0.2) is 0 Å². The SMILES string of the molecule is CCc1ccc(NC(=O)/C(C#N)=C\c2ccc(N(C)C)cc2)cc1. The largest absolute Gasteiger partial charge is 0.378 e. The van der Waals surface area contributed by atoms with Crippen molar-refractivity contribution in [1.82, 2.24) is 0 Å². The summed E-state index contributed by atoms with van der Waals surface area (Å²) in [5.74, 6) is -0.404. The third kappa shape index (κ3) is 4.47. The number of nitrogens with zero attached hydrogens (tertiary/aromatic N) is 2. The highest BCUT2D eigenvalue weighted by Gasteiger charge is 2.09. The molecule has 4 heteroatoms. The highest BCUT2D eigenvalue weighted by Crippen LogP contribution is 2.16. The third-order valence-corrected chi connectivity index (χ3v) is 3.71. The lowest BCUT2D eigenvalue weighted by Gasteiger charge is -2.12. The number of nitrogens with one attached hydrogen (secondary N) is 1. The molecule has 2 rings (SSSR count). The number of nitriles is 1. The van der Waals surface area contributed by atoms with Crippen LogP contribution < -0.4 is 10.2 Å². The van der Waals surface area contributed by atoms with Crippen LogP contribution in [0.5, 0.6) is 0 Å². The van der Waals surface area contributed by atoms with Crippen LogP contribution in [-0.4, -0.2) is 20.0 Å². The quantitative estimate of drug-likeness (QED) is 0.672. The highest BCUT2D eigenvalue weighted by molar-refractivity contribution is 6.09. The molecule has 0 aliphatic carbocycles. The number of aryl methyl sites for hydroxylation is 1. The van der Waals surface area contributed by atoms with Gasteiger partial charge in [-0.1, -0.05) is 31.2 Å². The molecule has 24 heavy (non-hydrogen) atoms. The van der Waals surface area contributed by atoms with Gasteiger partial charge in [-0.2, -0.15) is 5.26 Å². The topological polar surface area (TPSA) is 56.1 Å². The minimum absolute atomic E-state index is 0.0761. The molecule has 0 bridgehead atoms. The highest BCUT2D eigenvalue weighted by atomic mass is 16.1. The van der Waals surface area contributed by atoms with Gasteiger partial charge >= 0.3 is 0 Å². The number of anilines is 2. The van der Waals surface area contributed by atoms with Crippen molar-refractivity contribution in [2.24, 2.45) is 0 Å². The number of carbonyl (C=O) groups is 1. The van der Waals surface area contributed by atoms with Crippen molar-refractivity contribution in [1.29, 1.82) is 5.26 Å². The van der Waals surface area contributed by atoms with E-state index in [1.165, 1.54) is 5.56 Å². The maximum Gasteiger partial charge on any atom is 0.266 e. The number of hydrogen-bond donors (Lipinski definition) is 1. The zero-order valence-corrected chi connectivity index (χ0v) is 14.2. The van der Waals surface area contributed by atoms with Gasteiger partial charge in [-0.15, -0.1) is 0 Å². The van der Waals surface area contributed by atoms with Gasteiger partial charge in [0.1, 0.15) is 11.6 Å². The van der Waals surface area contributed by atoms with Gasteiger partial charge in [-0.05, 0) is 47.9 Å². The van der Waals surface area contributed by atoms with Crippen LogP contribution in [0.25, 0.3) is 6.08 Å². The van der Waals surface area contributed by atoms with Crippen molar-refractivity contribution >= 4 is 23.4 Å². The van der Waals surface area contributed by atoms with E-state index in [0.717, 1.165) is 17.7 Å². The molecule has 0 aromatic heterocycles. The lowest BCUT2D eigenvalue weighted by atomic mass is 10.1. The van der Waals surface area contributed by atoms with Gasteiger partial charge in [0.25, 0.3) is 5.91 Å². The Labute approximate surface area is 143 Å². The average Bonchev–Trinajstić information content (AvgIpc) is 2.60. The van der Waals surface area contributed by atoms with Gasteiger partial charge in [0, 0.05) is 25.5 Å². The maximum absolute atomic E-state index is 12.3. The Bertz CT molecular complexity index is 766. The van der Waals surface area contributed by atoms with Gasteiger partial charge in [-0.3, -0.25) is 4.79 Å². The summed E-state index contributed by atoms with van der Waals surface area (Å²) in [5, 5.41) is 12.0. The lowest BCUT2D eigenvalue weighted by Crippen LogP contribution is -2.13. The Kier molecular flexibility index (Phi) is 5.75. The van der Waals surface area contributed by atoms with Gasteiger partial charge in [-0.25, -0.2) is 0 Å². The van der Waals surface area contributed by atoms with Crippen LogP contribution in [0.1, 0.15) is 18.1 Å². The van der Waals surface area contributed by atoms with Crippen molar-refractivity contribution in [3.63, 3.8) is 0 Å². The molecule has 4 nitrogen and oxygen atoms in total. The number of amides is 1. The number of hydrogen-bond acceptors (Lipinski definition) is 3. The Morgan fingerprint density at radius 3 is 2.25 bits per heavy atom. The molecule has 0 heterocycles. The van der Waals surface area contributed by atoms with Gasteiger partial charge in [0.2, 0.25) is 0 Å². The van der Waals surface area contributed by atoms with Crippen LogP contribution in [0.3, 0.4) is 0 Å². The van der Waals surface area contributed by atoms with E-state index in [-0.39, 0.29) is 5.57 Å². The normalized spacial score (nSPS) is 10.8. The van der Waals surface area contributed by atoms with E-state index < -0.39 is 5.91 Å². The fourth-order valence-electron chi connectivity index (χ4n) is 2.21. The summed E-state index contributed by atoms with van der Waals surface area (Å²) in [6, 6.07) is 17.2. The number of rotatable bonds is 5. The summed E-state index contributed by atoms with van der Waals surface area (Å²) in [7, 11) is 3.92. The first-order valence-corrected chi connectivity index (χ1v) is 7.83. The fraction of sp³-hybridized carbons (Fsp3) is 0.200. The number of benzene rings is 2. The molecule has 0 radical (unpaired) electrons. The summed E-state index contributed by atoms with van der Waals surface area (Å²) in [6.45, 7) is 2.08. The predicted octanol–water partition coefficient (Wildman–Crippen LogP) is 3.86. The van der Waals surface area contributed by atoms with Crippen molar-refractivity contribution in [3.05, 3.63) is 65.2 Å². The van der Waals surface area contributed by atoms with Crippen LogP contribution >= 0.6 is 0 Å². The molecule has 0 fully saturated rings. The van der Waals surface area contributed by atoms with E-state index in [1.807, 2.05) is 73.6 Å².